The minimum Gasteiger partial charge on any atom is -0.435 e. The molecule has 1 atom stereocenters. The van der Waals surface area contributed by atoms with Gasteiger partial charge in [0.1, 0.15) is 6.07 Å². The Morgan fingerprint density at radius 3 is 3.15 bits per heavy atom. The number of aromatic nitrogens is 2. The number of aliphatic hydroxyl groups is 1. The maximum atomic E-state index is 9.09. The van der Waals surface area contributed by atoms with Crippen molar-refractivity contribution in [2.75, 3.05) is 0 Å². The highest BCUT2D eigenvalue weighted by atomic mass is 16.4. The monoisotopic (exact) mass is 175 g/mol. The van der Waals surface area contributed by atoms with Crippen molar-refractivity contribution in [3.8, 4) is 6.07 Å². The van der Waals surface area contributed by atoms with E-state index in [0.717, 1.165) is 0 Å². The predicted molar refractivity (Wildman–Crippen MR) is 42.4 cm³/mol. The van der Waals surface area contributed by atoms with Gasteiger partial charge in [0.25, 0.3) is 0 Å². The molecular formula is C8H5N3O2. The predicted octanol–water partition coefficient (Wildman–Crippen LogP) is 0.780. The van der Waals surface area contributed by atoms with Crippen LogP contribution in [0.3, 0.4) is 0 Å². The molecule has 1 unspecified atom stereocenters. The SMILES string of the molecule is N#CC(O)c1nc2ncccc2o1. The Labute approximate surface area is 73.3 Å². The third-order valence-electron chi connectivity index (χ3n) is 1.54. The molecule has 0 aromatic carbocycles. The summed E-state index contributed by atoms with van der Waals surface area (Å²) >= 11 is 0. The van der Waals surface area contributed by atoms with Crippen LogP contribution in [0.2, 0.25) is 0 Å². The van der Waals surface area contributed by atoms with E-state index in [9.17, 15) is 0 Å². The minimum atomic E-state index is -1.32. The Morgan fingerprint density at radius 1 is 1.62 bits per heavy atom. The molecule has 0 aliphatic heterocycles. The quantitative estimate of drug-likeness (QED) is 0.647. The number of nitriles is 1. The lowest BCUT2D eigenvalue weighted by molar-refractivity contribution is 0.200. The molecule has 2 rings (SSSR count). The van der Waals surface area contributed by atoms with Crippen molar-refractivity contribution >= 4 is 11.2 Å². The van der Waals surface area contributed by atoms with Gasteiger partial charge in [0.15, 0.2) is 11.2 Å². The molecule has 0 radical (unpaired) electrons. The van der Waals surface area contributed by atoms with Gasteiger partial charge >= 0.3 is 0 Å². The third kappa shape index (κ3) is 1.23. The van der Waals surface area contributed by atoms with Crippen molar-refractivity contribution in [2.45, 2.75) is 6.10 Å². The molecule has 0 spiro atoms. The van der Waals surface area contributed by atoms with Gasteiger partial charge in [-0.25, -0.2) is 4.98 Å². The van der Waals surface area contributed by atoms with E-state index in [1.807, 2.05) is 0 Å². The molecule has 2 aromatic heterocycles. The molecule has 5 heteroatoms. The zero-order valence-corrected chi connectivity index (χ0v) is 6.51. The number of rotatable bonds is 1. The molecule has 0 saturated heterocycles. The van der Waals surface area contributed by atoms with Crippen LogP contribution in [0.1, 0.15) is 12.0 Å². The van der Waals surface area contributed by atoms with Crippen molar-refractivity contribution < 1.29 is 9.52 Å². The van der Waals surface area contributed by atoms with Crippen LogP contribution in [-0.4, -0.2) is 15.1 Å². The maximum Gasteiger partial charge on any atom is 0.240 e. The summed E-state index contributed by atoms with van der Waals surface area (Å²) in [4.78, 5) is 7.73. The first-order valence-electron chi connectivity index (χ1n) is 3.60. The van der Waals surface area contributed by atoms with E-state index in [1.165, 1.54) is 0 Å². The molecule has 13 heavy (non-hydrogen) atoms. The highest BCUT2D eigenvalue weighted by Crippen LogP contribution is 2.17. The standard InChI is InChI=1S/C8H5N3O2/c9-4-5(12)8-11-7-6(13-8)2-1-3-10-7/h1-3,5,12H. The number of nitrogens with zero attached hydrogens (tertiary/aromatic N) is 3. The Balaban J connectivity index is 2.57. The summed E-state index contributed by atoms with van der Waals surface area (Å²) in [6.07, 6.45) is 0.238. The fourth-order valence-corrected chi connectivity index (χ4v) is 0.958. The summed E-state index contributed by atoms with van der Waals surface area (Å²) in [5, 5.41) is 17.5. The molecule has 0 bridgehead atoms. The fraction of sp³-hybridized carbons (Fsp3) is 0.125. The van der Waals surface area contributed by atoms with E-state index in [-0.39, 0.29) is 5.89 Å². The lowest BCUT2D eigenvalue weighted by Gasteiger charge is -1.90. The summed E-state index contributed by atoms with van der Waals surface area (Å²) in [5.41, 5.74) is 0.860. The molecule has 2 heterocycles. The molecule has 1 N–H and O–H groups in total. The molecule has 0 saturated carbocycles. The van der Waals surface area contributed by atoms with Crippen molar-refractivity contribution in [1.29, 1.82) is 5.26 Å². The molecule has 0 fully saturated rings. The first kappa shape index (κ1) is 7.71. The van der Waals surface area contributed by atoms with Crippen molar-refractivity contribution in [3.05, 3.63) is 24.2 Å². The summed E-state index contributed by atoms with van der Waals surface area (Å²) in [5.74, 6) is -0.0174. The average Bonchev–Trinajstić information content (AvgIpc) is 2.59. The number of pyridine rings is 1. The minimum absolute atomic E-state index is 0.0174. The van der Waals surface area contributed by atoms with Gasteiger partial charge in [0.2, 0.25) is 12.0 Å². The Morgan fingerprint density at radius 2 is 2.46 bits per heavy atom. The topological polar surface area (TPSA) is 82.9 Å². The van der Waals surface area contributed by atoms with Crippen molar-refractivity contribution in [1.82, 2.24) is 9.97 Å². The molecule has 0 aliphatic rings. The summed E-state index contributed by atoms with van der Waals surface area (Å²) in [6.45, 7) is 0. The van der Waals surface area contributed by atoms with E-state index in [4.69, 9.17) is 14.8 Å². The van der Waals surface area contributed by atoms with Gasteiger partial charge in [0.05, 0.1) is 0 Å². The second-order valence-electron chi connectivity index (χ2n) is 2.41. The van der Waals surface area contributed by atoms with Crippen LogP contribution in [0.15, 0.2) is 22.7 Å². The van der Waals surface area contributed by atoms with Gasteiger partial charge in [-0.05, 0) is 12.1 Å². The van der Waals surface area contributed by atoms with E-state index < -0.39 is 6.10 Å². The third-order valence-corrected chi connectivity index (χ3v) is 1.54. The highest BCUT2D eigenvalue weighted by Gasteiger charge is 2.14. The highest BCUT2D eigenvalue weighted by molar-refractivity contribution is 5.67. The summed E-state index contributed by atoms with van der Waals surface area (Å²) in [6, 6.07) is 4.97. The van der Waals surface area contributed by atoms with E-state index in [2.05, 4.69) is 9.97 Å². The normalized spacial score (nSPS) is 12.6. The van der Waals surface area contributed by atoms with Gasteiger partial charge in [-0.1, -0.05) is 0 Å². The van der Waals surface area contributed by atoms with Crippen LogP contribution in [-0.2, 0) is 0 Å². The number of hydrogen-bond donors (Lipinski definition) is 1. The van der Waals surface area contributed by atoms with Crippen molar-refractivity contribution in [2.24, 2.45) is 0 Å². The molecule has 0 aliphatic carbocycles. The number of fused-ring (bicyclic) bond motifs is 1. The van der Waals surface area contributed by atoms with Crippen LogP contribution in [0.4, 0.5) is 0 Å². The maximum absolute atomic E-state index is 9.09. The van der Waals surface area contributed by atoms with Gasteiger partial charge < -0.3 is 9.52 Å². The lowest BCUT2D eigenvalue weighted by Crippen LogP contribution is -1.92. The summed E-state index contributed by atoms with van der Waals surface area (Å²) < 4.78 is 5.07. The first-order valence-corrected chi connectivity index (χ1v) is 3.60. The van der Waals surface area contributed by atoms with E-state index in [0.29, 0.717) is 11.2 Å². The van der Waals surface area contributed by atoms with Crippen LogP contribution in [0.25, 0.3) is 11.2 Å². The van der Waals surface area contributed by atoms with Crippen LogP contribution in [0.5, 0.6) is 0 Å². The molecular weight excluding hydrogens is 170 g/mol. The number of aliphatic hydroxyl groups excluding tert-OH is 1. The van der Waals surface area contributed by atoms with E-state index in [1.54, 1.807) is 24.4 Å². The zero-order chi connectivity index (χ0) is 9.26. The van der Waals surface area contributed by atoms with Crippen LogP contribution in [0, 0.1) is 11.3 Å². The lowest BCUT2D eigenvalue weighted by atomic mass is 10.4. The second-order valence-corrected chi connectivity index (χ2v) is 2.41. The van der Waals surface area contributed by atoms with Crippen LogP contribution >= 0.6 is 0 Å². The van der Waals surface area contributed by atoms with Gasteiger partial charge in [0, 0.05) is 6.20 Å². The largest absolute Gasteiger partial charge is 0.435 e. The molecule has 5 nitrogen and oxygen atoms in total. The second kappa shape index (κ2) is 2.84. The Hall–Kier alpha value is -1.93. The van der Waals surface area contributed by atoms with Crippen molar-refractivity contribution in [3.63, 3.8) is 0 Å². The van der Waals surface area contributed by atoms with Crippen LogP contribution < -0.4 is 0 Å². The van der Waals surface area contributed by atoms with Gasteiger partial charge in [-0.2, -0.15) is 10.2 Å². The number of hydrogen-bond acceptors (Lipinski definition) is 5. The molecule has 64 valence electrons. The Kier molecular flexibility index (Phi) is 1.69. The van der Waals surface area contributed by atoms with E-state index >= 15 is 0 Å². The number of oxazole rings is 1. The smallest absolute Gasteiger partial charge is 0.240 e. The zero-order valence-electron chi connectivity index (χ0n) is 6.51. The first-order chi connectivity index (χ1) is 6.31. The van der Waals surface area contributed by atoms with Gasteiger partial charge in [-0.15, -0.1) is 0 Å². The fourth-order valence-electron chi connectivity index (χ4n) is 0.958. The van der Waals surface area contributed by atoms with Gasteiger partial charge in [-0.3, -0.25) is 0 Å². The summed E-state index contributed by atoms with van der Waals surface area (Å²) in [7, 11) is 0. The molecule has 0 amide bonds. The average molecular weight is 175 g/mol. The Bertz CT molecular complexity index is 438. The molecule has 2 aromatic rings.